The maximum atomic E-state index is 5.37. The molecule has 0 atom stereocenters. The van der Waals surface area contributed by atoms with E-state index in [0.717, 1.165) is 32.1 Å². The standard InChI is InChI=1S/C16H25NOS2/c1-2-5-15-6-3-4-7-16(15)14-20-19-13-10-17-8-11-18-12-9-17/h3-4,6-7H,2,5,8-14H2,1H3. The van der Waals surface area contributed by atoms with E-state index in [0.29, 0.717) is 0 Å². The molecule has 0 saturated carbocycles. The molecular weight excluding hydrogens is 286 g/mol. The van der Waals surface area contributed by atoms with Crippen molar-refractivity contribution in [3.63, 3.8) is 0 Å². The Morgan fingerprint density at radius 3 is 2.60 bits per heavy atom. The molecule has 0 radical (unpaired) electrons. The van der Waals surface area contributed by atoms with Crippen LogP contribution in [0, 0.1) is 0 Å². The quantitative estimate of drug-likeness (QED) is 0.534. The molecule has 2 rings (SSSR count). The van der Waals surface area contributed by atoms with Crippen molar-refractivity contribution in [2.24, 2.45) is 0 Å². The van der Waals surface area contributed by atoms with Crippen LogP contribution in [-0.2, 0) is 16.9 Å². The van der Waals surface area contributed by atoms with Gasteiger partial charge in [-0.15, -0.1) is 0 Å². The summed E-state index contributed by atoms with van der Waals surface area (Å²) < 4.78 is 5.37. The monoisotopic (exact) mass is 311 g/mol. The highest BCUT2D eigenvalue weighted by Gasteiger charge is 2.09. The van der Waals surface area contributed by atoms with E-state index in [4.69, 9.17) is 4.74 Å². The Hall–Kier alpha value is -0.160. The summed E-state index contributed by atoms with van der Waals surface area (Å²) in [6.07, 6.45) is 2.43. The maximum Gasteiger partial charge on any atom is 0.0594 e. The Kier molecular flexibility index (Phi) is 7.88. The highest BCUT2D eigenvalue weighted by atomic mass is 33.1. The van der Waals surface area contributed by atoms with E-state index in [2.05, 4.69) is 36.1 Å². The van der Waals surface area contributed by atoms with Gasteiger partial charge in [-0.1, -0.05) is 59.2 Å². The van der Waals surface area contributed by atoms with Crippen LogP contribution in [0.3, 0.4) is 0 Å². The first-order valence-corrected chi connectivity index (χ1v) is 10.00. The Morgan fingerprint density at radius 1 is 1.10 bits per heavy atom. The van der Waals surface area contributed by atoms with Crippen molar-refractivity contribution in [1.29, 1.82) is 0 Å². The van der Waals surface area contributed by atoms with Gasteiger partial charge in [-0.3, -0.25) is 4.90 Å². The summed E-state index contributed by atoms with van der Waals surface area (Å²) in [5.41, 5.74) is 3.04. The van der Waals surface area contributed by atoms with E-state index in [-0.39, 0.29) is 0 Å². The van der Waals surface area contributed by atoms with E-state index >= 15 is 0 Å². The van der Waals surface area contributed by atoms with Gasteiger partial charge in [-0.05, 0) is 17.5 Å². The average molecular weight is 312 g/mol. The van der Waals surface area contributed by atoms with Crippen molar-refractivity contribution in [2.75, 3.05) is 38.6 Å². The maximum absolute atomic E-state index is 5.37. The minimum atomic E-state index is 0.905. The van der Waals surface area contributed by atoms with Crippen LogP contribution in [-0.4, -0.2) is 43.5 Å². The van der Waals surface area contributed by atoms with Crippen molar-refractivity contribution in [3.05, 3.63) is 35.4 Å². The van der Waals surface area contributed by atoms with Gasteiger partial charge in [0.15, 0.2) is 0 Å². The van der Waals surface area contributed by atoms with Crippen molar-refractivity contribution in [1.82, 2.24) is 4.90 Å². The van der Waals surface area contributed by atoms with Crippen LogP contribution in [0.25, 0.3) is 0 Å². The topological polar surface area (TPSA) is 12.5 Å². The summed E-state index contributed by atoms with van der Waals surface area (Å²) in [4.78, 5) is 2.50. The molecule has 1 aliphatic heterocycles. The molecule has 0 unspecified atom stereocenters. The van der Waals surface area contributed by atoms with Crippen molar-refractivity contribution < 1.29 is 4.74 Å². The first kappa shape index (κ1) is 16.2. The molecule has 0 spiro atoms. The van der Waals surface area contributed by atoms with Crippen LogP contribution < -0.4 is 0 Å². The number of rotatable bonds is 8. The van der Waals surface area contributed by atoms with E-state index in [1.165, 1.54) is 36.3 Å². The van der Waals surface area contributed by atoms with Crippen LogP contribution in [0.1, 0.15) is 24.5 Å². The predicted octanol–water partition coefficient (Wildman–Crippen LogP) is 3.85. The van der Waals surface area contributed by atoms with Crippen LogP contribution >= 0.6 is 21.6 Å². The normalized spacial score (nSPS) is 16.4. The fourth-order valence-corrected chi connectivity index (χ4v) is 4.52. The van der Waals surface area contributed by atoms with E-state index < -0.39 is 0 Å². The van der Waals surface area contributed by atoms with Crippen LogP contribution in [0.5, 0.6) is 0 Å². The molecule has 112 valence electrons. The minimum Gasteiger partial charge on any atom is -0.379 e. The molecule has 1 saturated heterocycles. The molecule has 2 nitrogen and oxygen atoms in total. The van der Waals surface area contributed by atoms with Gasteiger partial charge in [0, 0.05) is 31.1 Å². The Labute approximate surface area is 131 Å². The molecular formula is C16H25NOS2. The zero-order chi connectivity index (χ0) is 14.0. The summed E-state index contributed by atoms with van der Waals surface area (Å²) >= 11 is 0. The summed E-state index contributed by atoms with van der Waals surface area (Å²) in [7, 11) is 4.00. The molecule has 0 bridgehead atoms. The lowest BCUT2D eigenvalue weighted by Gasteiger charge is -2.26. The molecule has 0 aliphatic carbocycles. The Morgan fingerprint density at radius 2 is 1.85 bits per heavy atom. The van der Waals surface area contributed by atoms with Crippen LogP contribution in [0.4, 0.5) is 0 Å². The third-order valence-corrected chi connectivity index (χ3v) is 5.83. The summed E-state index contributed by atoms with van der Waals surface area (Å²) in [6, 6.07) is 8.87. The number of hydrogen-bond acceptors (Lipinski definition) is 4. The van der Waals surface area contributed by atoms with E-state index in [1.54, 1.807) is 0 Å². The van der Waals surface area contributed by atoms with Crippen molar-refractivity contribution in [2.45, 2.75) is 25.5 Å². The predicted molar refractivity (Wildman–Crippen MR) is 91.4 cm³/mol. The average Bonchev–Trinajstić information content (AvgIpc) is 2.50. The molecule has 1 aromatic rings. The molecule has 0 N–H and O–H groups in total. The lowest BCUT2D eigenvalue weighted by atomic mass is 10.0. The van der Waals surface area contributed by atoms with Crippen molar-refractivity contribution >= 4 is 21.6 Å². The summed E-state index contributed by atoms with van der Waals surface area (Å²) in [6.45, 7) is 7.46. The number of hydrogen-bond donors (Lipinski definition) is 0. The molecule has 1 heterocycles. The lowest BCUT2D eigenvalue weighted by Crippen LogP contribution is -2.37. The van der Waals surface area contributed by atoms with E-state index in [9.17, 15) is 0 Å². The van der Waals surface area contributed by atoms with Gasteiger partial charge >= 0.3 is 0 Å². The molecule has 4 heteroatoms. The number of ether oxygens (including phenoxy) is 1. The van der Waals surface area contributed by atoms with Gasteiger partial charge in [0.25, 0.3) is 0 Å². The highest BCUT2D eigenvalue weighted by Crippen LogP contribution is 2.27. The highest BCUT2D eigenvalue weighted by molar-refractivity contribution is 8.76. The Bertz CT molecular complexity index is 380. The SMILES string of the molecule is CCCc1ccccc1CSSCCN1CCOCC1. The number of aryl methyl sites for hydroxylation is 1. The second-order valence-electron chi connectivity index (χ2n) is 5.06. The Balaban J connectivity index is 1.63. The van der Waals surface area contributed by atoms with Gasteiger partial charge in [-0.25, -0.2) is 0 Å². The molecule has 20 heavy (non-hydrogen) atoms. The fraction of sp³-hybridized carbons (Fsp3) is 0.625. The largest absolute Gasteiger partial charge is 0.379 e. The minimum absolute atomic E-state index is 0.905. The molecule has 0 aromatic heterocycles. The molecule has 0 amide bonds. The molecule has 1 aliphatic rings. The first-order chi connectivity index (χ1) is 9.90. The molecule has 1 aromatic carbocycles. The molecule has 1 fully saturated rings. The van der Waals surface area contributed by atoms with Crippen molar-refractivity contribution in [3.8, 4) is 0 Å². The second kappa shape index (κ2) is 9.72. The fourth-order valence-electron chi connectivity index (χ4n) is 2.37. The second-order valence-corrected chi connectivity index (χ2v) is 7.64. The smallest absolute Gasteiger partial charge is 0.0594 e. The number of morpholine rings is 1. The number of benzene rings is 1. The third kappa shape index (κ3) is 5.68. The van der Waals surface area contributed by atoms with Gasteiger partial charge in [0.05, 0.1) is 13.2 Å². The van der Waals surface area contributed by atoms with Crippen LogP contribution in [0.15, 0.2) is 24.3 Å². The van der Waals surface area contributed by atoms with Gasteiger partial charge < -0.3 is 4.74 Å². The third-order valence-electron chi connectivity index (χ3n) is 3.53. The lowest BCUT2D eigenvalue weighted by molar-refractivity contribution is 0.0410. The first-order valence-electron chi connectivity index (χ1n) is 7.51. The van der Waals surface area contributed by atoms with Gasteiger partial charge in [0.1, 0.15) is 0 Å². The number of nitrogens with zero attached hydrogens (tertiary/aromatic N) is 1. The van der Waals surface area contributed by atoms with E-state index in [1.807, 2.05) is 21.6 Å². The summed E-state index contributed by atoms with van der Waals surface area (Å²) in [5, 5.41) is 0. The van der Waals surface area contributed by atoms with Gasteiger partial charge in [-0.2, -0.15) is 0 Å². The zero-order valence-electron chi connectivity index (χ0n) is 12.3. The van der Waals surface area contributed by atoms with Crippen LogP contribution in [0.2, 0.25) is 0 Å². The van der Waals surface area contributed by atoms with Gasteiger partial charge in [0.2, 0.25) is 0 Å². The zero-order valence-corrected chi connectivity index (χ0v) is 14.0. The summed E-state index contributed by atoms with van der Waals surface area (Å²) in [5.74, 6) is 2.34.